The molecule has 1 aromatic rings. The van der Waals surface area contributed by atoms with Crippen LogP contribution >= 0.6 is 0 Å². The summed E-state index contributed by atoms with van der Waals surface area (Å²) in [7, 11) is 1.63. The van der Waals surface area contributed by atoms with E-state index < -0.39 is 5.54 Å². The molecule has 0 saturated carbocycles. The summed E-state index contributed by atoms with van der Waals surface area (Å²) < 4.78 is 4.95. The fourth-order valence-corrected chi connectivity index (χ4v) is 2.35. The summed E-state index contributed by atoms with van der Waals surface area (Å²) in [6, 6.07) is 6.14. The number of carbonyl (C=O) groups is 1. The van der Waals surface area contributed by atoms with Crippen molar-refractivity contribution in [3.05, 3.63) is 34.9 Å². The zero-order valence-electron chi connectivity index (χ0n) is 12.4. The number of guanidine groups is 1. The van der Waals surface area contributed by atoms with Gasteiger partial charge in [-0.25, -0.2) is 0 Å². The molecule has 1 unspecified atom stereocenters. The van der Waals surface area contributed by atoms with Crippen molar-refractivity contribution in [1.29, 1.82) is 0 Å². The Balaban J connectivity index is 2.26. The maximum atomic E-state index is 12.3. The number of carbonyl (C=O) groups excluding carboxylic acids is 1. The number of hydrogen-bond acceptors (Lipinski definition) is 3. The van der Waals surface area contributed by atoms with Gasteiger partial charge in [0, 0.05) is 7.11 Å². The van der Waals surface area contributed by atoms with Crippen LogP contribution < -0.4 is 10.6 Å². The van der Waals surface area contributed by atoms with Crippen LogP contribution in [0.3, 0.4) is 0 Å². The van der Waals surface area contributed by atoms with E-state index in [0.717, 1.165) is 16.7 Å². The molecule has 1 atom stereocenters. The van der Waals surface area contributed by atoms with Gasteiger partial charge in [-0.15, -0.1) is 0 Å². The van der Waals surface area contributed by atoms with Crippen molar-refractivity contribution in [3.63, 3.8) is 0 Å². The molecule has 20 heavy (non-hydrogen) atoms. The van der Waals surface area contributed by atoms with Crippen LogP contribution in [0.15, 0.2) is 23.2 Å². The van der Waals surface area contributed by atoms with E-state index in [2.05, 4.69) is 21.7 Å². The van der Waals surface area contributed by atoms with Crippen molar-refractivity contribution < 1.29 is 9.53 Å². The molecule has 5 heteroatoms. The minimum atomic E-state index is -0.775. The average molecular weight is 275 g/mol. The molecule has 1 saturated heterocycles. The maximum absolute atomic E-state index is 12.3. The Morgan fingerprint density at radius 1 is 1.25 bits per heavy atom. The molecule has 1 amide bonds. The summed E-state index contributed by atoms with van der Waals surface area (Å²) in [5.74, 6) is 0.423. The monoisotopic (exact) mass is 275 g/mol. The molecule has 108 valence electrons. The van der Waals surface area contributed by atoms with Gasteiger partial charge in [-0.3, -0.25) is 15.1 Å². The van der Waals surface area contributed by atoms with E-state index in [1.807, 2.05) is 32.9 Å². The summed E-state index contributed by atoms with van der Waals surface area (Å²) in [6.45, 7) is 6.97. The van der Waals surface area contributed by atoms with E-state index in [-0.39, 0.29) is 5.91 Å². The number of ether oxygens (including phenoxy) is 1. The highest BCUT2D eigenvalue weighted by atomic mass is 16.5. The molecule has 1 aliphatic heterocycles. The Kier molecular flexibility index (Phi) is 4.09. The van der Waals surface area contributed by atoms with E-state index in [0.29, 0.717) is 19.1 Å². The third-order valence-corrected chi connectivity index (χ3v) is 3.42. The number of hydrogen-bond donors (Lipinski definition) is 2. The topological polar surface area (TPSA) is 62.7 Å². The molecule has 0 aliphatic carbocycles. The van der Waals surface area contributed by atoms with Gasteiger partial charge in [0.2, 0.25) is 0 Å². The number of nitrogens with zero attached hydrogens (tertiary/aromatic N) is 1. The molecule has 5 nitrogen and oxygen atoms in total. The second kappa shape index (κ2) is 5.63. The van der Waals surface area contributed by atoms with Crippen LogP contribution in [0.25, 0.3) is 0 Å². The first-order chi connectivity index (χ1) is 9.45. The quantitative estimate of drug-likeness (QED) is 0.813. The van der Waals surface area contributed by atoms with Crippen LogP contribution in [0, 0.1) is 13.8 Å². The number of amides is 1. The minimum absolute atomic E-state index is 0.0846. The Hall–Kier alpha value is -1.88. The molecule has 1 heterocycles. The maximum Gasteiger partial charge on any atom is 0.256 e. The van der Waals surface area contributed by atoms with E-state index in [4.69, 9.17) is 4.74 Å². The lowest BCUT2D eigenvalue weighted by Crippen LogP contribution is -2.40. The SMILES string of the molecule is COCCN=C1NC(=O)C(C)(c2cc(C)cc(C)c2)N1. The molecular formula is C15H21N3O2. The number of benzene rings is 1. The second-order valence-corrected chi connectivity index (χ2v) is 5.30. The Labute approximate surface area is 119 Å². The van der Waals surface area contributed by atoms with Gasteiger partial charge in [-0.2, -0.15) is 0 Å². The van der Waals surface area contributed by atoms with E-state index in [1.165, 1.54) is 0 Å². The molecule has 0 radical (unpaired) electrons. The van der Waals surface area contributed by atoms with Crippen molar-refractivity contribution in [2.24, 2.45) is 4.99 Å². The third kappa shape index (κ3) is 2.82. The van der Waals surface area contributed by atoms with Gasteiger partial charge in [-0.05, 0) is 26.3 Å². The first kappa shape index (κ1) is 14.5. The van der Waals surface area contributed by atoms with Gasteiger partial charge in [0.1, 0.15) is 5.54 Å². The fourth-order valence-electron chi connectivity index (χ4n) is 2.35. The lowest BCUT2D eigenvalue weighted by Gasteiger charge is -2.22. The zero-order chi connectivity index (χ0) is 14.8. The lowest BCUT2D eigenvalue weighted by molar-refractivity contribution is -0.123. The van der Waals surface area contributed by atoms with Gasteiger partial charge in [0.25, 0.3) is 5.91 Å². The highest BCUT2D eigenvalue weighted by molar-refractivity contribution is 6.09. The number of methoxy groups -OCH3 is 1. The highest BCUT2D eigenvalue weighted by Gasteiger charge is 2.42. The zero-order valence-corrected chi connectivity index (χ0v) is 12.4. The summed E-state index contributed by atoms with van der Waals surface area (Å²) in [5, 5.41) is 5.97. The normalized spacial score (nSPS) is 23.8. The van der Waals surface area contributed by atoms with E-state index >= 15 is 0 Å². The lowest BCUT2D eigenvalue weighted by atomic mass is 9.90. The molecule has 0 spiro atoms. The van der Waals surface area contributed by atoms with Crippen LogP contribution in [0.2, 0.25) is 0 Å². The standard InChI is InChI=1S/C15H21N3O2/c1-10-7-11(2)9-12(8-10)15(3)13(19)17-14(18-15)16-5-6-20-4/h7-9H,5-6H2,1-4H3,(H2,16,17,18,19). The predicted octanol–water partition coefficient (Wildman–Crippen LogP) is 1.24. The smallest absolute Gasteiger partial charge is 0.256 e. The molecule has 0 aromatic heterocycles. The molecule has 2 rings (SSSR count). The summed E-state index contributed by atoms with van der Waals surface area (Å²) in [4.78, 5) is 16.6. The fraction of sp³-hybridized carbons (Fsp3) is 0.467. The number of nitrogens with one attached hydrogen (secondary N) is 2. The molecule has 1 fully saturated rings. The average Bonchev–Trinajstić information content (AvgIpc) is 2.65. The molecule has 2 N–H and O–H groups in total. The Morgan fingerprint density at radius 3 is 2.50 bits per heavy atom. The summed E-state index contributed by atoms with van der Waals surface area (Å²) >= 11 is 0. The summed E-state index contributed by atoms with van der Waals surface area (Å²) in [5.41, 5.74) is 2.45. The Morgan fingerprint density at radius 2 is 1.90 bits per heavy atom. The number of aryl methyl sites for hydroxylation is 2. The summed E-state index contributed by atoms with van der Waals surface area (Å²) in [6.07, 6.45) is 0. The van der Waals surface area contributed by atoms with Gasteiger partial charge < -0.3 is 10.1 Å². The van der Waals surface area contributed by atoms with Gasteiger partial charge >= 0.3 is 0 Å². The van der Waals surface area contributed by atoms with Gasteiger partial charge in [-0.1, -0.05) is 29.3 Å². The van der Waals surface area contributed by atoms with E-state index in [9.17, 15) is 4.79 Å². The van der Waals surface area contributed by atoms with Crippen LogP contribution in [-0.4, -0.2) is 32.1 Å². The van der Waals surface area contributed by atoms with Crippen molar-refractivity contribution in [3.8, 4) is 0 Å². The van der Waals surface area contributed by atoms with Crippen LogP contribution in [0.4, 0.5) is 0 Å². The number of aliphatic imine (C=N–C) groups is 1. The second-order valence-electron chi connectivity index (χ2n) is 5.30. The van der Waals surface area contributed by atoms with Crippen molar-refractivity contribution >= 4 is 11.9 Å². The third-order valence-electron chi connectivity index (χ3n) is 3.42. The molecular weight excluding hydrogens is 254 g/mol. The largest absolute Gasteiger partial charge is 0.383 e. The number of rotatable bonds is 4. The van der Waals surface area contributed by atoms with E-state index in [1.54, 1.807) is 7.11 Å². The van der Waals surface area contributed by atoms with Crippen LogP contribution in [0.5, 0.6) is 0 Å². The molecule has 0 bridgehead atoms. The minimum Gasteiger partial charge on any atom is -0.383 e. The van der Waals surface area contributed by atoms with Gasteiger partial charge in [0.05, 0.1) is 13.2 Å². The first-order valence-electron chi connectivity index (χ1n) is 6.67. The molecule has 1 aliphatic rings. The first-order valence-corrected chi connectivity index (χ1v) is 6.67. The van der Waals surface area contributed by atoms with Gasteiger partial charge in [0.15, 0.2) is 5.96 Å². The van der Waals surface area contributed by atoms with Crippen molar-refractivity contribution in [2.75, 3.05) is 20.3 Å². The van der Waals surface area contributed by atoms with Crippen molar-refractivity contribution in [2.45, 2.75) is 26.3 Å². The Bertz CT molecular complexity index is 534. The van der Waals surface area contributed by atoms with Crippen LogP contribution in [0.1, 0.15) is 23.6 Å². The predicted molar refractivity (Wildman–Crippen MR) is 78.7 cm³/mol. The van der Waals surface area contributed by atoms with Crippen molar-refractivity contribution in [1.82, 2.24) is 10.6 Å². The molecule has 1 aromatic carbocycles. The highest BCUT2D eigenvalue weighted by Crippen LogP contribution is 2.26. The van der Waals surface area contributed by atoms with Crippen LogP contribution in [-0.2, 0) is 15.1 Å².